The number of ether oxygens (including phenoxy) is 1. The lowest BCUT2D eigenvalue weighted by molar-refractivity contribution is 0.340. The molecule has 2 aromatic carbocycles. The van der Waals surface area contributed by atoms with Crippen LogP contribution in [0.15, 0.2) is 47.3 Å². The molecule has 0 amide bonds. The Labute approximate surface area is 147 Å². The summed E-state index contributed by atoms with van der Waals surface area (Å²) in [6, 6.07) is 12.6. The highest BCUT2D eigenvalue weighted by atomic mass is 35.5. The lowest BCUT2D eigenvalue weighted by Gasteiger charge is -2.10. The summed E-state index contributed by atoms with van der Waals surface area (Å²) in [5, 5.41) is 5.11. The lowest BCUT2D eigenvalue weighted by atomic mass is 10.2. The Kier molecular flexibility index (Phi) is 4.76. The smallest absolute Gasteiger partial charge is 0.208 e. The van der Waals surface area contributed by atoms with Crippen molar-refractivity contribution >= 4 is 55.3 Å². The van der Waals surface area contributed by atoms with Crippen molar-refractivity contribution in [2.24, 2.45) is 0 Å². The average Bonchev–Trinajstić information content (AvgIpc) is 2.54. The first kappa shape index (κ1) is 16.1. The zero-order chi connectivity index (χ0) is 16.4. The fourth-order valence-electron chi connectivity index (χ4n) is 2.16. The molecule has 0 aliphatic carbocycles. The van der Waals surface area contributed by atoms with E-state index in [1.54, 1.807) is 18.2 Å². The van der Waals surface area contributed by atoms with Crippen LogP contribution >= 0.6 is 34.5 Å². The van der Waals surface area contributed by atoms with Crippen molar-refractivity contribution in [1.29, 1.82) is 0 Å². The van der Waals surface area contributed by atoms with Crippen molar-refractivity contribution in [3.05, 3.63) is 62.7 Å². The first-order valence-corrected chi connectivity index (χ1v) is 8.57. The Bertz CT molecular complexity index is 907. The van der Waals surface area contributed by atoms with Gasteiger partial charge in [0.1, 0.15) is 15.8 Å². The molecule has 3 nitrogen and oxygen atoms in total. The molecule has 6 heteroatoms. The van der Waals surface area contributed by atoms with Gasteiger partial charge in [-0.15, -0.1) is 11.3 Å². The molecule has 1 heterocycles. The third-order valence-electron chi connectivity index (χ3n) is 3.22. The van der Waals surface area contributed by atoms with Crippen molar-refractivity contribution in [3.8, 4) is 5.75 Å². The summed E-state index contributed by atoms with van der Waals surface area (Å²) in [6.45, 7) is 2.55. The van der Waals surface area contributed by atoms with Gasteiger partial charge in [-0.25, -0.2) is 0 Å². The zero-order valence-corrected chi connectivity index (χ0v) is 14.6. The van der Waals surface area contributed by atoms with Crippen LogP contribution in [-0.4, -0.2) is 6.61 Å². The summed E-state index contributed by atoms with van der Waals surface area (Å²) in [5.74, 6) is 0.794. The molecule has 0 unspecified atom stereocenters. The highest BCUT2D eigenvalue weighted by Crippen LogP contribution is 2.33. The predicted octanol–water partition coefficient (Wildman–Crippen LogP) is 5.71. The summed E-state index contributed by atoms with van der Waals surface area (Å²) in [4.78, 5) is 12.4. The van der Waals surface area contributed by atoms with Crippen molar-refractivity contribution in [2.45, 2.75) is 6.92 Å². The van der Waals surface area contributed by atoms with Crippen LogP contribution in [0.4, 0.5) is 10.7 Å². The molecule has 0 bridgehead atoms. The molecule has 1 N–H and O–H groups in total. The fraction of sp³-hybridized carbons (Fsp3) is 0.118. The van der Waals surface area contributed by atoms with Gasteiger partial charge in [0, 0.05) is 20.8 Å². The zero-order valence-electron chi connectivity index (χ0n) is 12.2. The summed E-state index contributed by atoms with van der Waals surface area (Å²) >= 11 is 13.6. The maximum absolute atomic E-state index is 12.4. The second kappa shape index (κ2) is 6.79. The van der Waals surface area contributed by atoms with E-state index >= 15 is 0 Å². The molecule has 0 radical (unpaired) electrons. The van der Waals surface area contributed by atoms with Gasteiger partial charge in [0.05, 0.1) is 6.61 Å². The average molecular weight is 366 g/mol. The molecule has 23 heavy (non-hydrogen) atoms. The Morgan fingerprint density at radius 1 is 1.13 bits per heavy atom. The largest absolute Gasteiger partial charge is 0.494 e. The molecule has 0 spiro atoms. The van der Waals surface area contributed by atoms with E-state index in [1.165, 1.54) is 11.3 Å². The molecule has 0 saturated heterocycles. The van der Waals surface area contributed by atoms with Gasteiger partial charge in [0.15, 0.2) is 0 Å². The molecule has 3 aromatic rings. The SMILES string of the molecule is CCOc1ccc(Nc2sc3cc(Cl)ccc3c(=O)c2Cl)cc1. The van der Waals surface area contributed by atoms with E-state index in [1.807, 2.05) is 31.2 Å². The molecule has 0 fully saturated rings. The Balaban J connectivity index is 1.99. The molecule has 3 rings (SSSR count). The van der Waals surface area contributed by atoms with Gasteiger partial charge < -0.3 is 10.1 Å². The van der Waals surface area contributed by atoms with Gasteiger partial charge in [-0.2, -0.15) is 0 Å². The maximum Gasteiger partial charge on any atom is 0.208 e. The Morgan fingerprint density at radius 3 is 2.57 bits per heavy atom. The third kappa shape index (κ3) is 3.44. The van der Waals surface area contributed by atoms with E-state index in [4.69, 9.17) is 27.9 Å². The molecule has 0 saturated carbocycles. The number of hydrogen-bond acceptors (Lipinski definition) is 4. The van der Waals surface area contributed by atoms with E-state index in [0.29, 0.717) is 22.0 Å². The van der Waals surface area contributed by atoms with E-state index < -0.39 is 0 Å². The van der Waals surface area contributed by atoms with Gasteiger partial charge in [-0.1, -0.05) is 23.2 Å². The van der Waals surface area contributed by atoms with Crippen LogP contribution in [0, 0.1) is 0 Å². The normalized spacial score (nSPS) is 10.7. The first-order chi connectivity index (χ1) is 11.1. The maximum atomic E-state index is 12.4. The first-order valence-electron chi connectivity index (χ1n) is 7.00. The Morgan fingerprint density at radius 2 is 1.87 bits per heavy atom. The highest BCUT2D eigenvalue weighted by molar-refractivity contribution is 7.22. The van der Waals surface area contributed by atoms with Gasteiger partial charge >= 0.3 is 0 Å². The molecule has 0 aliphatic rings. The quantitative estimate of drug-likeness (QED) is 0.643. The minimum absolute atomic E-state index is 0.179. The van der Waals surface area contributed by atoms with Crippen LogP contribution in [0.5, 0.6) is 5.75 Å². The molecule has 1 aromatic heterocycles. The minimum Gasteiger partial charge on any atom is -0.494 e. The standard InChI is InChI=1S/C17H13Cl2NO2S/c1-2-22-12-6-4-11(5-7-12)20-17-15(19)16(21)13-8-3-10(18)9-14(13)23-17/h3-9,20H,2H2,1H3. The van der Waals surface area contributed by atoms with Crippen molar-refractivity contribution in [2.75, 3.05) is 11.9 Å². The number of halogens is 2. The van der Waals surface area contributed by atoms with Crippen LogP contribution in [0.3, 0.4) is 0 Å². The van der Waals surface area contributed by atoms with Crippen LogP contribution in [0.2, 0.25) is 10.0 Å². The lowest BCUT2D eigenvalue weighted by Crippen LogP contribution is -2.04. The van der Waals surface area contributed by atoms with E-state index in [9.17, 15) is 4.79 Å². The van der Waals surface area contributed by atoms with Crippen molar-refractivity contribution < 1.29 is 4.74 Å². The van der Waals surface area contributed by atoms with Gasteiger partial charge in [-0.3, -0.25) is 4.79 Å². The second-order valence-corrected chi connectivity index (χ2v) is 6.66. The number of fused-ring (bicyclic) bond motifs is 1. The highest BCUT2D eigenvalue weighted by Gasteiger charge is 2.11. The number of nitrogens with one attached hydrogen (secondary N) is 1. The number of rotatable bonds is 4. The molecular weight excluding hydrogens is 353 g/mol. The van der Waals surface area contributed by atoms with Crippen LogP contribution < -0.4 is 15.5 Å². The van der Waals surface area contributed by atoms with Gasteiger partial charge in [0.25, 0.3) is 0 Å². The Hall–Kier alpha value is -1.75. The second-order valence-electron chi connectivity index (χ2n) is 4.80. The van der Waals surface area contributed by atoms with Crippen LogP contribution in [0.25, 0.3) is 10.1 Å². The minimum atomic E-state index is -0.203. The topological polar surface area (TPSA) is 38.3 Å². The van der Waals surface area contributed by atoms with Crippen molar-refractivity contribution in [3.63, 3.8) is 0 Å². The summed E-state index contributed by atoms with van der Waals surface area (Å²) in [6.07, 6.45) is 0. The summed E-state index contributed by atoms with van der Waals surface area (Å²) < 4.78 is 6.20. The van der Waals surface area contributed by atoms with Gasteiger partial charge in [-0.05, 0) is 49.4 Å². The van der Waals surface area contributed by atoms with E-state index in [-0.39, 0.29) is 10.5 Å². The molecule has 0 atom stereocenters. The van der Waals surface area contributed by atoms with Crippen LogP contribution in [-0.2, 0) is 0 Å². The summed E-state index contributed by atoms with van der Waals surface area (Å²) in [5.41, 5.74) is 0.623. The summed E-state index contributed by atoms with van der Waals surface area (Å²) in [7, 11) is 0. The molecule has 118 valence electrons. The van der Waals surface area contributed by atoms with Crippen molar-refractivity contribution in [1.82, 2.24) is 0 Å². The molecular formula is C17H13Cl2NO2S. The van der Waals surface area contributed by atoms with E-state index in [2.05, 4.69) is 5.32 Å². The molecule has 0 aliphatic heterocycles. The van der Waals surface area contributed by atoms with E-state index in [0.717, 1.165) is 16.1 Å². The monoisotopic (exact) mass is 365 g/mol. The van der Waals surface area contributed by atoms with Crippen LogP contribution in [0.1, 0.15) is 6.92 Å². The number of anilines is 2. The van der Waals surface area contributed by atoms with Gasteiger partial charge in [0.2, 0.25) is 5.43 Å². The number of benzene rings is 2. The third-order valence-corrected chi connectivity index (χ3v) is 5.00. The predicted molar refractivity (Wildman–Crippen MR) is 99.0 cm³/mol. The fourth-order valence-corrected chi connectivity index (χ4v) is 3.69. The number of hydrogen-bond donors (Lipinski definition) is 1.